The zero-order chi connectivity index (χ0) is 28.3. The summed E-state index contributed by atoms with van der Waals surface area (Å²) in [5, 5.41) is 20.8. The van der Waals surface area contributed by atoms with E-state index >= 15 is 0 Å². The number of nitrogens with one attached hydrogen (secondary N) is 1. The van der Waals surface area contributed by atoms with Crippen LogP contribution in [0.2, 0.25) is 0 Å². The number of hydrogen-bond acceptors (Lipinski definition) is 6. The predicted molar refractivity (Wildman–Crippen MR) is 141 cm³/mol. The summed E-state index contributed by atoms with van der Waals surface area (Å²) in [6, 6.07) is 10.5. The van der Waals surface area contributed by atoms with Gasteiger partial charge in [0, 0.05) is 18.3 Å². The molecule has 0 unspecified atom stereocenters. The monoisotopic (exact) mass is 545 g/mol. The van der Waals surface area contributed by atoms with E-state index in [9.17, 15) is 23.1 Å². The molecule has 0 atom stereocenters. The number of ether oxygens (including phenoxy) is 1. The van der Waals surface area contributed by atoms with E-state index in [0.717, 1.165) is 49.5 Å². The lowest BCUT2D eigenvalue weighted by Gasteiger charge is -2.30. The second kappa shape index (κ2) is 11.6. The number of phenols is 1. The van der Waals surface area contributed by atoms with Crippen LogP contribution >= 0.6 is 0 Å². The molecule has 1 fully saturated rings. The van der Waals surface area contributed by atoms with Gasteiger partial charge < -0.3 is 15.2 Å². The molecule has 0 radical (unpaired) electrons. The molecule has 8 nitrogen and oxygen atoms in total. The molecule has 0 bridgehead atoms. The van der Waals surface area contributed by atoms with Crippen molar-refractivity contribution in [2.45, 2.75) is 52.3 Å². The first-order valence-electron chi connectivity index (χ1n) is 13.0. The summed E-state index contributed by atoms with van der Waals surface area (Å²) < 4.78 is 45.2. The molecular formula is C28H34F3N5O3. The van der Waals surface area contributed by atoms with Crippen LogP contribution in [-0.4, -0.2) is 63.6 Å². The number of phenolic OH excluding ortho intramolecular Hbond substituents is 1. The third-order valence-electron chi connectivity index (χ3n) is 7.00. The van der Waals surface area contributed by atoms with Crippen LogP contribution in [0.5, 0.6) is 11.5 Å². The minimum Gasteiger partial charge on any atom is -0.507 e. The molecule has 1 amide bonds. The van der Waals surface area contributed by atoms with Crippen LogP contribution in [0, 0.1) is 5.92 Å². The number of carbonyl (C=O) groups excluding carboxylic acids is 1. The van der Waals surface area contributed by atoms with Crippen molar-refractivity contribution in [2.75, 3.05) is 26.7 Å². The number of rotatable bonds is 8. The first-order valence-corrected chi connectivity index (χ1v) is 13.0. The van der Waals surface area contributed by atoms with Crippen LogP contribution in [0.25, 0.3) is 17.1 Å². The Bertz CT molecular complexity index is 1300. The molecule has 2 heterocycles. The maximum atomic E-state index is 12.8. The SMILES string of the molecule is COc1cc(O)c(-c2nnc(C(=O)NCC(F)(F)F)n2-c2ccc(CN3CCC(C)CC3)cc2)cc1C(C)C. The molecule has 11 heteroatoms. The minimum absolute atomic E-state index is 0.0299. The average Bonchev–Trinajstić information content (AvgIpc) is 3.33. The Kier molecular flexibility index (Phi) is 8.48. The van der Waals surface area contributed by atoms with Gasteiger partial charge in [-0.3, -0.25) is 14.3 Å². The summed E-state index contributed by atoms with van der Waals surface area (Å²) in [6.07, 6.45) is -2.28. The van der Waals surface area contributed by atoms with Gasteiger partial charge in [-0.05, 0) is 67.1 Å². The predicted octanol–water partition coefficient (Wildman–Crippen LogP) is 5.30. The van der Waals surface area contributed by atoms with Gasteiger partial charge in [0.1, 0.15) is 18.0 Å². The molecular weight excluding hydrogens is 511 g/mol. The van der Waals surface area contributed by atoms with Crippen molar-refractivity contribution < 1.29 is 27.8 Å². The Morgan fingerprint density at radius 2 is 1.82 bits per heavy atom. The number of hydrogen-bond donors (Lipinski definition) is 2. The van der Waals surface area contributed by atoms with Crippen molar-refractivity contribution in [1.29, 1.82) is 0 Å². The average molecular weight is 546 g/mol. The van der Waals surface area contributed by atoms with Crippen LogP contribution in [0.1, 0.15) is 61.3 Å². The molecule has 39 heavy (non-hydrogen) atoms. The van der Waals surface area contributed by atoms with Gasteiger partial charge in [-0.2, -0.15) is 13.2 Å². The third kappa shape index (κ3) is 6.70. The first-order chi connectivity index (χ1) is 18.5. The van der Waals surface area contributed by atoms with E-state index in [2.05, 4.69) is 22.0 Å². The molecule has 0 saturated carbocycles. The lowest BCUT2D eigenvalue weighted by atomic mass is 9.98. The molecule has 0 spiro atoms. The summed E-state index contributed by atoms with van der Waals surface area (Å²) in [7, 11) is 1.50. The largest absolute Gasteiger partial charge is 0.507 e. The smallest absolute Gasteiger partial charge is 0.405 e. The lowest BCUT2D eigenvalue weighted by Crippen LogP contribution is -2.35. The molecule has 1 aliphatic heterocycles. The van der Waals surface area contributed by atoms with Gasteiger partial charge in [-0.1, -0.05) is 32.9 Å². The number of halogens is 3. The number of aromatic hydroxyl groups is 1. The molecule has 1 saturated heterocycles. The van der Waals surface area contributed by atoms with Gasteiger partial charge in [-0.15, -0.1) is 10.2 Å². The van der Waals surface area contributed by atoms with Gasteiger partial charge in [-0.25, -0.2) is 0 Å². The summed E-state index contributed by atoms with van der Waals surface area (Å²) in [6.45, 7) is 7.50. The van der Waals surface area contributed by atoms with Gasteiger partial charge in [0.15, 0.2) is 5.82 Å². The number of aromatic nitrogens is 3. The molecule has 4 rings (SSSR count). The fourth-order valence-electron chi connectivity index (χ4n) is 4.73. The highest BCUT2D eigenvalue weighted by molar-refractivity contribution is 5.92. The highest BCUT2D eigenvalue weighted by Crippen LogP contribution is 2.38. The van der Waals surface area contributed by atoms with E-state index in [1.807, 2.05) is 31.3 Å². The zero-order valence-electron chi connectivity index (χ0n) is 22.5. The number of benzene rings is 2. The number of likely N-dealkylation sites (tertiary alicyclic amines) is 1. The number of amides is 1. The van der Waals surface area contributed by atoms with Crippen LogP contribution in [-0.2, 0) is 6.54 Å². The molecule has 1 aromatic heterocycles. The van der Waals surface area contributed by atoms with Crippen molar-refractivity contribution >= 4 is 5.91 Å². The van der Waals surface area contributed by atoms with Crippen molar-refractivity contribution in [3.8, 4) is 28.6 Å². The second-order valence-corrected chi connectivity index (χ2v) is 10.4. The van der Waals surface area contributed by atoms with E-state index in [0.29, 0.717) is 11.4 Å². The number of piperidine rings is 1. The maximum Gasteiger partial charge on any atom is 0.405 e. The van der Waals surface area contributed by atoms with Crippen molar-refractivity contribution in [2.24, 2.45) is 5.92 Å². The number of nitrogens with zero attached hydrogens (tertiary/aromatic N) is 4. The van der Waals surface area contributed by atoms with E-state index in [-0.39, 0.29) is 28.9 Å². The van der Waals surface area contributed by atoms with E-state index in [1.165, 1.54) is 17.7 Å². The lowest BCUT2D eigenvalue weighted by molar-refractivity contribution is -0.123. The number of alkyl halides is 3. The molecule has 0 aliphatic carbocycles. The summed E-state index contributed by atoms with van der Waals surface area (Å²) in [5.74, 6) is -0.166. The Morgan fingerprint density at radius 3 is 2.41 bits per heavy atom. The van der Waals surface area contributed by atoms with Crippen molar-refractivity contribution in [3.63, 3.8) is 0 Å². The van der Waals surface area contributed by atoms with E-state index in [4.69, 9.17) is 4.74 Å². The summed E-state index contributed by atoms with van der Waals surface area (Å²) in [4.78, 5) is 15.2. The summed E-state index contributed by atoms with van der Waals surface area (Å²) >= 11 is 0. The fraction of sp³-hybridized carbons (Fsp3) is 0.464. The highest BCUT2D eigenvalue weighted by Gasteiger charge is 2.30. The Morgan fingerprint density at radius 1 is 1.15 bits per heavy atom. The van der Waals surface area contributed by atoms with Crippen LogP contribution in [0.15, 0.2) is 36.4 Å². The molecule has 210 valence electrons. The normalized spacial score (nSPS) is 15.1. The van der Waals surface area contributed by atoms with Crippen LogP contribution in [0.3, 0.4) is 0 Å². The molecule has 2 N–H and O–H groups in total. The zero-order valence-corrected chi connectivity index (χ0v) is 22.5. The van der Waals surface area contributed by atoms with Gasteiger partial charge in [0.2, 0.25) is 5.82 Å². The minimum atomic E-state index is -4.59. The highest BCUT2D eigenvalue weighted by atomic mass is 19.4. The molecule has 2 aromatic carbocycles. The number of methoxy groups -OCH3 is 1. The Hall–Kier alpha value is -3.60. The topological polar surface area (TPSA) is 92.5 Å². The molecule has 1 aliphatic rings. The van der Waals surface area contributed by atoms with E-state index < -0.39 is 18.6 Å². The summed E-state index contributed by atoms with van der Waals surface area (Å²) in [5.41, 5.74) is 2.60. The van der Waals surface area contributed by atoms with Crippen molar-refractivity contribution in [3.05, 3.63) is 53.3 Å². The van der Waals surface area contributed by atoms with Crippen LogP contribution < -0.4 is 10.1 Å². The Labute approximate surface area is 225 Å². The van der Waals surface area contributed by atoms with Crippen molar-refractivity contribution in [1.82, 2.24) is 25.0 Å². The quantitative estimate of drug-likeness (QED) is 0.399. The first kappa shape index (κ1) is 28.4. The maximum absolute atomic E-state index is 12.8. The third-order valence-corrected chi connectivity index (χ3v) is 7.00. The number of carbonyl (C=O) groups is 1. The second-order valence-electron chi connectivity index (χ2n) is 10.4. The van der Waals surface area contributed by atoms with Crippen LogP contribution in [0.4, 0.5) is 13.2 Å². The fourth-order valence-corrected chi connectivity index (χ4v) is 4.73. The van der Waals surface area contributed by atoms with Gasteiger partial charge >= 0.3 is 6.18 Å². The Balaban J connectivity index is 1.74. The van der Waals surface area contributed by atoms with Gasteiger partial charge in [0.25, 0.3) is 5.91 Å². The standard InChI is InChI=1S/C28H34F3N5O3/c1-17(2)21-13-22(23(37)14-24(21)39-4)25-33-34-26(27(38)32-16-28(29,30)31)36(25)20-7-5-19(6-8-20)15-35-11-9-18(3)10-12-35/h5-8,13-14,17-18,37H,9-12,15-16H2,1-4H3,(H,32,38). The van der Waals surface area contributed by atoms with Gasteiger partial charge in [0.05, 0.1) is 12.7 Å². The van der Waals surface area contributed by atoms with E-state index in [1.54, 1.807) is 18.2 Å². The molecule has 3 aromatic rings.